The smallest absolute Gasteiger partial charge is 0.326 e. The van der Waals surface area contributed by atoms with Crippen LogP contribution in [-0.4, -0.2) is 5.91 Å². The SMILES string of the molecule is CCC(C)CC(=O)Nc1ccc(CN)c(C(F)(F)F)c1. The number of carbonyl (C=O) groups excluding carboxylic acids is 1. The fourth-order valence-corrected chi connectivity index (χ4v) is 1.77. The van der Waals surface area contributed by atoms with Crippen LogP contribution >= 0.6 is 0 Å². The van der Waals surface area contributed by atoms with E-state index in [-0.39, 0.29) is 36.0 Å². The van der Waals surface area contributed by atoms with Gasteiger partial charge in [0.2, 0.25) is 5.91 Å². The number of benzene rings is 1. The molecule has 1 unspecified atom stereocenters. The van der Waals surface area contributed by atoms with Crippen LogP contribution in [-0.2, 0) is 17.5 Å². The van der Waals surface area contributed by atoms with Crippen molar-refractivity contribution in [2.45, 2.75) is 39.4 Å². The molecular weight excluding hydrogens is 269 g/mol. The summed E-state index contributed by atoms with van der Waals surface area (Å²) in [6.07, 6.45) is -3.35. The lowest BCUT2D eigenvalue weighted by atomic mass is 10.0. The predicted octanol–water partition coefficient (Wildman–Crippen LogP) is 3.54. The van der Waals surface area contributed by atoms with Crippen LogP contribution in [0, 0.1) is 5.92 Å². The molecular formula is C14H19F3N2O. The Hall–Kier alpha value is -1.56. The maximum Gasteiger partial charge on any atom is 0.416 e. The van der Waals surface area contributed by atoms with Crippen LogP contribution in [0.5, 0.6) is 0 Å². The van der Waals surface area contributed by atoms with Crippen molar-refractivity contribution in [1.29, 1.82) is 0 Å². The Morgan fingerprint density at radius 2 is 2.05 bits per heavy atom. The summed E-state index contributed by atoms with van der Waals surface area (Å²) in [7, 11) is 0. The lowest BCUT2D eigenvalue weighted by Gasteiger charge is -2.14. The molecule has 0 aliphatic heterocycles. The Balaban J connectivity index is 2.90. The zero-order valence-corrected chi connectivity index (χ0v) is 11.6. The van der Waals surface area contributed by atoms with E-state index in [9.17, 15) is 18.0 Å². The van der Waals surface area contributed by atoms with E-state index in [1.165, 1.54) is 12.1 Å². The molecule has 20 heavy (non-hydrogen) atoms. The molecule has 1 aromatic carbocycles. The topological polar surface area (TPSA) is 55.1 Å². The van der Waals surface area contributed by atoms with Crippen molar-refractivity contribution in [2.24, 2.45) is 11.7 Å². The number of hydrogen-bond donors (Lipinski definition) is 2. The number of amides is 1. The minimum absolute atomic E-state index is 0.0115. The lowest BCUT2D eigenvalue weighted by Crippen LogP contribution is -2.17. The molecule has 3 nitrogen and oxygen atoms in total. The zero-order chi connectivity index (χ0) is 15.3. The van der Waals surface area contributed by atoms with E-state index < -0.39 is 11.7 Å². The number of nitrogens with one attached hydrogen (secondary N) is 1. The molecule has 1 atom stereocenters. The number of carbonyl (C=O) groups is 1. The highest BCUT2D eigenvalue weighted by Gasteiger charge is 2.33. The van der Waals surface area contributed by atoms with Crippen LogP contribution in [0.15, 0.2) is 18.2 Å². The van der Waals surface area contributed by atoms with Crippen LogP contribution in [0.2, 0.25) is 0 Å². The number of anilines is 1. The molecule has 1 amide bonds. The van der Waals surface area contributed by atoms with Gasteiger partial charge in [-0.05, 0) is 23.6 Å². The highest BCUT2D eigenvalue weighted by Crippen LogP contribution is 2.33. The Kier molecular flexibility index (Phi) is 5.56. The predicted molar refractivity (Wildman–Crippen MR) is 72.0 cm³/mol. The third kappa shape index (κ3) is 4.52. The lowest BCUT2D eigenvalue weighted by molar-refractivity contribution is -0.138. The summed E-state index contributed by atoms with van der Waals surface area (Å²) >= 11 is 0. The maximum absolute atomic E-state index is 12.8. The van der Waals surface area contributed by atoms with Gasteiger partial charge in [0.25, 0.3) is 0 Å². The molecule has 0 aliphatic carbocycles. The van der Waals surface area contributed by atoms with Crippen LogP contribution in [0.25, 0.3) is 0 Å². The summed E-state index contributed by atoms with van der Waals surface area (Å²) in [5, 5.41) is 2.49. The van der Waals surface area contributed by atoms with Crippen LogP contribution in [0.1, 0.15) is 37.8 Å². The van der Waals surface area contributed by atoms with Crippen molar-refractivity contribution in [3.8, 4) is 0 Å². The Labute approximate surface area is 116 Å². The molecule has 1 aromatic rings. The quantitative estimate of drug-likeness (QED) is 0.870. The largest absolute Gasteiger partial charge is 0.416 e. The normalized spacial score (nSPS) is 13.1. The van der Waals surface area contributed by atoms with Crippen molar-refractivity contribution < 1.29 is 18.0 Å². The standard InChI is InChI=1S/C14H19F3N2O/c1-3-9(2)6-13(20)19-11-5-4-10(8-18)12(7-11)14(15,16)17/h4-5,7,9H,3,6,8,18H2,1-2H3,(H,19,20). The number of alkyl halides is 3. The summed E-state index contributed by atoms with van der Waals surface area (Å²) in [6.45, 7) is 3.67. The van der Waals surface area contributed by atoms with Gasteiger partial charge in [-0.1, -0.05) is 26.3 Å². The molecule has 0 bridgehead atoms. The van der Waals surface area contributed by atoms with Crippen molar-refractivity contribution in [1.82, 2.24) is 0 Å². The average molecular weight is 288 g/mol. The van der Waals surface area contributed by atoms with Gasteiger partial charge >= 0.3 is 6.18 Å². The summed E-state index contributed by atoms with van der Waals surface area (Å²) in [5.41, 5.74) is 4.64. The molecule has 3 N–H and O–H groups in total. The second-order valence-electron chi connectivity index (χ2n) is 4.84. The van der Waals surface area contributed by atoms with Gasteiger partial charge in [-0.15, -0.1) is 0 Å². The molecule has 1 rings (SSSR count). The van der Waals surface area contributed by atoms with Gasteiger partial charge in [0.15, 0.2) is 0 Å². The van der Waals surface area contributed by atoms with Crippen molar-refractivity contribution in [3.05, 3.63) is 29.3 Å². The first-order chi connectivity index (χ1) is 9.27. The first-order valence-electron chi connectivity index (χ1n) is 6.48. The van der Waals surface area contributed by atoms with Gasteiger partial charge < -0.3 is 11.1 Å². The van der Waals surface area contributed by atoms with Gasteiger partial charge in [-0.25, -0.2) is 0 Å². The fraction of sp³-hybridized carbons (Fsp3) is 0.500. The first kappa shape index (κ1) is 16.5. The zero-order valence-electron chi connectivity index (χ0n) is 11.6. The number of rotatable bonds is 5. The fourth-order valence-electron chi connectivity index (χ4n) is 1.77. The van der Waals surface area contributed by atoms with E-state index in [4.69, 9.17) is 5.73 Å². The van der Waals surface area contributed by atoms with Crippen molar-refractivity contribution in [3.63, 3.8) is 0 Å². The van der Waals surface area contributed by atoms with Crippen LogP contribution in [0.3, 0.4) is 0 Å². The molecule has 112 valence electrons. The number of halogens is 3. The van der Waals surface area contributed by atoms with Gasteiger partial charge in [-0.2, -0.15) is 13.2 Å². The average Bonchev–Trinajstić information content (AvgIpc) is 2.37. The summed E-state index contributed by atoms with van der Waals surface area (Å²) in [4.78, 5) is 11.7. The molecule has 0 spiro atoms. The molecule has 0 saturated carbocycles. The van der Waals surface area contributed by atoms with Gasteiger partial charge in [0.05, 0.1) is 5.56 Å². The molecule has 0 saturated heterocycles. The summed E-state index contributed by atoms with van der Waals surface area (Å²) in [6, 6.07) is 3.66. The van der Waals surface area contributed by atoms with Crippen molar-refractivity contribution >= 4 is 11.6 Å². The second kappa shape index (κ2) is 6.74. The second-order valence-corrected chi connectivity index (χ2v) is 4.84. The third-order valence-electron chi connectivity index (χ3n) is 3.15. The minimum atomic E-state index is -4.48. The van der Waals surface area contributed by atoms with Gasteiger partial charge in [0, 0.05) is 18.7 Å². The molecule has 0 aromatic heterocycles. The minimum Gasteiger partial charge on any atom is -0.326 e. The highest BCUT2D eigenvalue weighted by molar-refractivity contribution is 5.91. The number of nitrogens with two attached hydrogens (primary N) is 1. The molecule has 0 aliphatic rings. The Morgan fingerprint density at radius 1 is 1.40 bits per heavy atom. The van der Waals surface area contributed by atoms with E-state index >= 15 is 0 Å². The summed E-state index contributed by atoms with van der Waals surface area (Å²) < 4.78 is 38.5. The third-order valence-corrected chi connectivity index (χ3v) is 3.15. The van der Waals surface area contributed by atoms with E-state index in [0.29, 0.717) is 0 Å². The van der Waals surface area contributed by atoms with Crippen molar-refractivity contribution in [2.75, 3.05) is 5.32 Å². The molecule has 0 radical (unpaired) electrons. The monoisotopic (exact) mass is 288 g/mol. The van der Waals surface area contributed by atoms with E-state index in [2.05, 4.69) is 5.32 Å². The maximum atomic E-state index is 12.8. The number of hydrogen-bond acceptors (Lipinski definition) is 2. The van der Waals surface area contributed by atoms with E-state index in [1.54, 1.807) is 0 Å². The van der Waals surface area contributed by atoms with E-state index in [0.717, 1.165) is 12.5 Å². The Bertz CT molecular complexity index is 472. The molecule has 0 fully saturated rings. The first-order valence-corrected chi connectivity index (χ1v) is 6.48. The van der Waals surface area contributed by atoms with Gasteiger partial charge in [0.1, 0.15) is 0 Å². The Morgan fingerprint density at radius 3 is 2.55 bits per heavy atom. The molecule has 0 heterocycles. The van der Waals surface area contributed by atoms with Gasteiger partial charge in [-0.3, -0.25) is 4.79 Å². The van der Waals surface area contributed by atoms with E-state index in [1.807, 2.05) is 13.8 Å². The summed E-state index contributed by atoms with van der Waals surface area (Å²) in [5.74, 6) is -0.0895. The molecule has 6 heteroatoms. The highest BCUT2D eigenvalue weighted by atomic mass is 19.4. The van der Waals surface area contributed by atoms with Crippen LogP contribution < -0.4 is 11.1 Å². The van der Waals surface area contributed by atoms with Crippen LogP contribution in [0.4, 0.5) is 18.9 Å².